The fourth-order valence-corrected chi connectivity index (χ4v) is 2.88. The van der Waals surface area contributed by atoms with E-state index in [0.717, 1.165) is 12.8 Å². The summed E-state index contributed by atoms with van der Waals surface area (Å²) in [6.07, 6.45) is 1.72. The van der Waals surface area contributed by atoms with Gasteiger partial charge in [-0.15, -0.1) is 0 Å². The quantitative estimate of drug-likeness (QED) is 0.353. The molecule has 152 valence electrons. The van der Waals surface area contributed by atoms with Gasteiger partial charge in [0.1, 0.15) is 0 Å². The number of nitrogens with one attached hydrogen (secondary N) is 2. The standard InChI is InChI=1S/C18H21N7O4/c1-4-5-10-24-14-15(23(3)18(27)20-16(14)26)19-17(24)22-21-11(2)12-6-8-13(9-7-12)25(28)29/h6-9H,4-5,10H2,1-3H3,(H,19,22)(H,20,26,27)/b21-11-. The predicted molar refractivity (Wildman–Crippen MR) is 109 cm³/mol. The number of anilines is 1. The molecule has 0 radical (unpaired) electrons. The van der Waals surface area contributed by atoms with Gasteiger partial charge in [-0.05, 0) is 31.0 Å². The molecule has 0 aliphatic carbocycles. The van der Waals surface area contributed by atoms with E-state index in [0.29, 0.717) is 29.3 Å². The van der Waals surface area contributed by atoms with Crippen LogP contribution in [0.3, 0.4) is 0 Å². The summed E-state index contributed by atoms with van der Waals surface area (Å²) in [6.45, 7) is 4.31. The van der Waals surface area contributed by atoms with Gasteiger partial charge in [0, 0.05) is 25.7 Å². The van der Waals surface area contributed by atoms with Crippen molar-refractivity contribution in [3.8, 4) is 0 Å². The average Bonchev–Trinajstić information content (AvgIpc) is 3.07. The van der Waals surface area contributed by atoms with Crippen LogP contribution in [0.2, 0.25) is 0 Å². The van der Waals surface area contributed by atoms with E-state index < -0.39 is 16.2 Å². The van der Waals surface area contributed by atoms with Crippen molar-refractivity contribution in [1.82, 2.24) is 19.1 Å². The third kappa shape index (κ3) is 3.93. The molecule has 1 aromatic carbocycles. The molecule has 0 fully saturated rings. The first-order chi connectivity index (χ1) is 13.8. The molecule has 0 amide bonds. The van der Waals surface area contributed by atoms with Crippen LogP contribution in [0.4, 0.5) is 11.6 Å². The Morgan fingerprint density at radius 3 is 2.62 bits per heavy atom. The molecule has 0 atom stereocenters. The summed E-state index contributed by atoms with van der Waals surface area (Å²) < 4.78 is 2.97. The van der Waals surface area contributed by atoms with E-state index >= 15 is 0 Å². The summed E-state index contributed by atoms with van der Waals surface area (Å²) in [5, 5.41) is 15.1. The van der Waals surface area contributed by atoms with Gasteiger partial charge < -0.3 is 4.57 Å². The SMILES string of the molecule is CCCCn1c(N/N=C(/C)c2ccc([N+](=O)[O-])cc2)nc2c1c(=O)[nH]c(=O)n2C. The van der Waals surface area contributed by atoms with Crippen LogP contribution in [-0.2, 0) is 13.6 Å². The Morgan fingerprint density at radius 2 is 2.00 bits per heavy atom. The van der Waals surface area contributed by atoms with Gasteiger partial charge in [0.05, 0.1) is 10.6 Å². The molecule has 2 N–H and O–H groups in total. The van der Waals surface area contributed by atoms with E-state index in [9.17, 15) is 19.7 Å². The number of H-pyrrole nitrogens is 1. The van der Waals surface area contributed by atoms with Crippen molar-refractivity contribution in [2.75, 3.05) is 5.43 Å². The molecule has 0 saturated carbocycles. The first-order valence-corrected chi connectivity index (χ1v) is 9.08. The smallest absolute Gasteiger partial charge is 0.303 e. The summed E-state index contributed by atoms with van der Waals surface area (Å²) in [5.41, 5.74) is 3.65. The maximum absolute atomic E-state index is 12.3. The Hall–Kier alpha value is -3.76. The van der Waals surface area contributed by atoms with E-state index in [1.54, 1.807) is 23.6 Å². The number of hydrazone groups is 1. The molecule has 0 unspecified atom stereocenters. The zero-order valence-corrected chi connectivity index (χ0v) is 16.3. The van der Waals surface area contributed by atoms with Crippen LogP contribution in [0.15, 0.2) is 39.0 Å². The van der Waals surface area contributed by atoms with Crippen LogP contribution in [0, 0.1) is 10.1 Å². The highest BCUT2D eigenvalue weighted by molar-refractivity contribution is 5.99. The van der Waals surface area contributed by atoms with Crippen LogP contribution < -0.4 is 16.7 Å². The molecule has 3 rings (SSSR count). The van der Waals surface area contributed by atoms with Crippen LogP contribution in [0.1, 0.15) is 32.3 Å². The van der Waals surface area contributed by atoms with E-state index in [1.165, 1.54) is 23.7 Å². The fraction of sp³-hybridized carbons (Fsp3) is 0.333. The molecule has 0 spiro atoms. The average molecular weight is 399 g/mol. The van der Waals surface area contributed by atoms with Gasteiger partial charge in [-0.1, -0.05) is 13.3 Å². The van der Waals surface area contributed by atoms with Gasteiger partial charge in [-0.3, -0.25) is 24.5 Å². The van der Waals surface area contributed by atoms with Gasteiger partial charge >= 0.3 is 5.69 Å². The Balaban J connectivity index is 2.00. The number of imidazole rings is 1. The van der Waals surface area contributed by atoms with Crippen LogP contribution in [-0.4, -0.2) is 29.7 Å². The van der Waals surface area contributed by atoms with Crippen LogP contribution in [0.25, 0.3) is 11.2 Å². The number of nitro groups is 1. The van der Waals surface area contributed by atoms with E-state index in [2.05, 4.69) is 20.5 Å². The lowest BCUT2D eigenvalue weighted by atomic mass is 10.1. The predicted octanol–water partition coefficient (Wildman–Crippen LogP) is 1.97. The number of non-ortho nitro benzene ring substituents is 1. The molecule has 2 aromatic heterocycles. The lowest BCUT2D eigenvalue weighted by Gasteiger charge is -2.08. The lowest BCUT2D eigenvalue weighted by Crippen LogP contribution is -2.29. The maximum Gasteiger partial charge on any atom is 0.329 e. The van der Waals surface area contributed by atoms with Gasteiger partial charge in [-0.25, -0.2) is 10.2 Å². The van der Waals surface area contributed by atoms with Gasteiger partial charge in [0.15, 0.2) is 11.2 Å². The van der Waals surface area contributed by atoms with Crippen LogP contribution >= 0.6 is 0 Å². The number of aromatic nitrogens is 4. The number of hydrogen-bond donors (Lipinski definition) is 2. The Morgan fingerprint density at radius 1 is 1.31 bits per heavy atom. The number of hydrogen-bond acceptors (Lipinski definition) is 7. The van der Waals surface area contributed by atoms with Crippen molar-refractivity contribution < 1.29 is 4.92 Å². The van der Waals surface area contributed by atoms with Crippen molar-refractivity contribution in [3.05, 3.63) is 60.8 Å². The molecule has 0 bridgehead atoms. The second kappa shape index (κ2) is 8.09. The number of benzene rings is 1. The minimum absolute atomic E-state index is 0.00369. The Bertz CT molecular complexity index is 1200. The number of rotatable bonds is 7. The number of aryl methyl sites for hydroxylation is 2. The van der Waals surface area contributed by atoms with E-state index in [1.807, 2.05) is 6.92 Å². The van der Waals surface area contributed by atoms with Crippen molar-refractivity contribution >= 4 is 28.5 Å². The van der Waals surface area contributed by atoms with E-state index in [4.69, 9.17) is 0 Å². The first-order valence-electron chi connectivity index (χ1n) is 9.08. The minimum atomic E-state index is -0.542. The molecular weight excluding hydrogens is 378 g/mol. The molecule has 11 nitrogen and oxygen atoms in total. The molecule has 3 aromatic rings. The van der Waals surface area contributed by atoms with Crippen LogP contribution in [0.5, 0.6) is 0 Å². The summed E-state index contributed by atoms with van der Waals surface area (Å²) in [5.74, 6) is 0.335. The summed E-state index contributed by atoms with van der Waals surface area (Å²) in [6, 6.07) is 6.01. The molecule has 0 aliphatic rings. The first kappa shape index (κ1) is 20.0. The number of aromatic amines is 1. The largest absolute Gasteiger partial charge is 0.329 e. The summed E-state index contributed by atoms with van der Waals surface area (Å²) >= 11 is 0. The topological polar surface area (TPSA) is 140 Å². The second-order valence-electron chi connectivity index (χ2n) is 6.54. The zero-order chi connectivity index (χ0) is 21.1. The van der Waals surface area contributed by atoms with Gasteiger partial charge in [0.2, 0.25) is 5.95 Å². The van der Waals surface area contributed by atoms with Gasteiger partial charge in [-0.2, -0.15) is 10.1 Å². The zero-order valence-electron chi connectivity index (χ0n) is 16.3. The number of nitro benzene ring substituents is 1. The van der Waals surface area contributed by atoms with Gasteiger partial charge in [0.25, 0.3) is 11.2 Å². The number of fused-ring (bicyclic) bond motifs is 1. The Labute approximate surface area is 164 Å². The normalized spacial score (nSPS) is 11.8. The third-order valence-electron chi connectivity index (χ3n) is 4.56. The summed E-state index contributed by atoms with van der Waals surface area (Å²) in [7, 11) is 1.53. The Kier molecular flexibility index (Phi) is 5.57. The fourth-order valence-electron chi connectivity index (χ4n) is 2.88. The highest BCUT2D eigenvalue weighted by Crippen LogP contribution is 2.17. The minimum Gasteiger partial charge on any atom is -0.303 e. The highest BCUT2D eigenvalue weighted by Gasteiger charge is 2.17. The molecule has 29 heavy (non-hydrogen) atoms. The molecule has 2 heterocycles. The highest BCUT2D eigenvalue weighted by atomic mass is 16.6. The molecule has 11 heteroatoms. The van der Waals surface area contributed by atoms with Crippen molar-refractivity contribution in [1.29, 1.82) is 0 Å². The maximum atomic E-state index is 12.3. The van der Waals surface area contributed by atoms with E-state index in [-0.39, 0.29) is 11.3 Å². The molecule has 0 saturated heterocycles. The summed E-state index contributed by atoms with van der Waals surface area (Å²) in [4.78, 5) is 41.2. The van der Waals surface area contributed by atoms with Crippen molar-refractivity contribution in [2.45, 2.75) is 33.2 Å². The van der Waals surface area contributed by atoms with Crippen molar-refractivity contribution in [3.63, 3.8) is 0 Å². The number of nitrogens with zero attached hydrogens (tertiary/aromatic N) is 5. The monoisotopic (exact) mass is 399 g/mol. The molecular formula is C18H21N7O4. The molecule has 0 aliphatic heterocycles. The lowest BCUT2D eigenvalue weighted by molar-refractivity contribution is -0.384. The second-order valence-corrected chi connectivity index (χ2v) is 6.54. The van der Waals surface area contributed by atoms with Crippen molar-refractivity contribution in [2.24, 2.45) is 12.1 Å². The number of unbranched alkanes of at least 4 members (excludes halogenated alkanes) is 1. The third-order valence-corrected chi connectivity index (χ3v) is 4.56.